The molecule has 2 amide bonds. The number of benzene rings is 1. The van der Waals surface area contributed by atoms with Gasteiger partial charge in [-0.05, 0) is 48.7 Å². The lowest BCUT2D eigenvalue weighted by molar-refractivity contribution is 0.195. The van der Waals surface area contributed by atoms with E-state index >= 15 is 0 Å². The number of halogens is 1. The molecule has 1 aliphatic heterocycles. The van der Waals surface area contributed by atoms with Gasteiger partial charge in [0.25, 0.3) is 0 Å². The van der Waals surface area contributed by atoms with Gasteiger partial charge in [-0.15, -0.1) is 0 Å². The van der Waals surface area contributed by atoms with Crippen LogP contribution in [-0.4, -0.2) is 52.9 Å². The number of carbonyl (C=O) groups is 1. The van der Waals surface area contributed by atoms with E-state index in [-0.39, 0.29) is 17.5 Å². The lowest BCUT2D eigenvalue weighted by Gasteiger charge is -2.37. The van der Waals surface area contributed by atoms with Crippen molar-refractivity contribution >= 4 is 27.9 Å². The minimum Gasteiger partial charge on any atom is -0.316 e. The maximum Gasteiger partial charge on any atom is 0.325 e. The van der Waals surface area contributed by atoms with Crippen LogP contribution in [0.1, 0.15) is 29.7 Å². The first-order chi connectivity index (χ1) is 17.3. The number of fused-ring (bicyclic) bond motifs is 1. The van der Waals surface area contributed by atoms with Crippen LogP contribution in [0.25, 0.3) is 6.20 Å². The number of anilines is 1. The van der Waals surface area contributed by atoms with Crippen LogP contribution < -0.4 is 9.62 Å². The quantitative estimate of drug-likeness (QED) is 0.451. The van der Waals surface area contributed by atoms with Crippen LogP contribution in [0.3, 0.4) is 0 Å². The molecule has 0 saturated heterocycles. The van der Waals surface area contributed by atoms with Gasteiger partial charge in [-0.25, -0.2) is 27.0 Å². The van der Waals surface area contributed by atoms with Crippen molar-refractivity contribution in [2.24, 2.45) is 0 Å². The summed E-state index contributed by atoms with van der Waals surface area (Å²) in [7, 11) is -3.91. The number of hydrogen-bond donors (Lipinski definition) is 1. The fraction of sp³-hybridized carbons (Fsp3) is 0.320. The van der Waals surface area contributed by atoms with Crippen molar-refractivity contribution in [3.05, 3.63) is 78.4 Å². The summed E-state index contributed by atoms with van der Waals surface area (Å²) >= 11 is 0. The number of rotatable bonds is 10. The van der Waals surface area contributed by atoms with Crippen molar-refractivity contribution in [1.82, 2.24) is 24.4 Å². The Morgan fingerprint density at radius 3 is 2.72 bits per heavy atom. The molecule has 11 heteroatoms. The highest BCUT2D eigenvalue weighted by molar-refractivity contribution is 7.89. The molecule has 1 saturated carbocycles. The van der Waals surface area contributed by atoms with E-state index in [4.69, 9.17) is 0 Å². The van der Waals surface area contributed by atoms with E-state index in [0.717, 1.165) is 11.3 Å². The van der Waals surface area contributed by atoms with E-state index in [2.05, 4.69) is 21.4 Å². The molecular formula is C25H27FN6O3S. The van der Waals surface area contributed by atoms with Gasteiger partial charge in [0.15, 0.2) is 0 Å². The van der Waals surface area contributed by atoms with Crippen LogP contribution in [0.5, 0.6) is 0 Å². The maximum atomic E-state index is 13.5. The number of hydrogen-bond acceptors (Lipinski definition) is 5. The van der Waals surface area contributed by atoms with Gasteiger partial charge < -0.3 is 4.90 Å². The fourth-order valence-corrected chi connectivity index (χ4v) is 5.81. The van der Waals surface area contributed by atoms with Gasteiger partial charge in [0, 0.05) is 49.4 Å². The molecule has 0 unspecified atom stereocenters. The molecule has 0 atom stereocenters. The first-order valence-corrected chi connectivity index (χ1v) is 13.2. The molecule has 9 nitrogen and oxygen atoms in total. The highest BCUT2D eigenvalue weighted by Crippen LogP contribution is 2.38. The molecule has 3 heterocycles. The lowest BCUT2D eigenvalue weighted by Crippen LogP contribution is -2.47. The predicted molar refractivity (Wildman–Crippen MR) is 133 cm³/mol. The summed E-state index contributed by atoms with van der Waals surface area (Å²) in [6.45, 7) is 3.85. The summed E-state index contributed by atoms with van der Waals surface area (Å²) < 4.78 is 43.4. The first kappa shape index (κ1) is 24.1. The Balaban J connectivity index is 1.45. The third kappa shape index (κ3) is 4.89. The predicted octanol–water partition coefficient (Wildman–Crippen LogP) is 3.34. The Kier molecular flexibility index (Phi) is 6.35. The third-order valence-electron chi connectivity index (χ3n) is 6.51. The average molecular weight is 511 g/mol. The van der Waals surface area contributed by atoms with Crippen LogP contribution >= 0.6 is 0 Å². The van der Waals surface area contributed by atoms with E-state index in [0.29, 0.717) is 43.6 Å². The SMILES string of the molecule is C=Cn1cc(CN2Cc3cc(S(=O)(=O)NC4(CF)CC4)ccc3N(CCc3ccccn3)C2=O)cn1. The highest BCUT2D eigenvalue weighted by Gasteiger charge is 2.46. The van der Waals surface area contributed by atoms with Gasteiger partial charge >= 0.3 is 6.03 Å². The molecule has 188 valence electrons. The fourth-order valence-electron chi connectivity index (χ4n) is 4.32. The molecule has 2 aliphatic rings. The number of alkyl halides is 1. The second kappa shape index (κ2) is 9.47. The zero-order valence-corrected chi connectivity index (χ0v) is 20.5. The van der Waals surface area contributed by atoms with Crippen molar-refractivity contribution < 1.29 is 17.6 Å². The Bertz CT molecular complexity index is 1390. The van der Waals surface area contributed by atoms with Gasteiger partial charge in [0.2, 0.25) is 10.0 Å². The monoisotopic (exact) mass is 510 g/mol. The summed E-state index contributed by atoms with van der Waals surface area (Å²) in [4.78, 5) is 21.2. The molecule has 0 spiro atoms. The number of nitrogens with zero attached hydrogens (tertiary/aromatic N) is 5. The summed E-state index contributed by atoms with van der Waals surface area (Å²) in [5.74, 6) is 0. The standard InChI is InChI=1S/C25H27FN6O3S/c1-2-31-16-19(14-28-31)15-30-17-20-13-22(36(34,35)29-25(18-26)9-10-25)6-7-23(20)32(24(30)33)12-8-21-5-3-4-11-27-21/h2-7,11,13-14,16,29H,1,8-10,12,15,17-18H2. The van der Waals surface area contributed by atoms with Crippen molar-refractivity contribution in [3.63, 3.8) is 0 Å². The molecular weight excluding hydrogens is 483 g/mol. The minimum absolute atomic E-state index is 0.0550. The average Bonchev–Trinajstić information content (AvgIpc) is 3.50. The molecule has 1 aliphatic carbocycles. The Labute approximate surface area is 209 Å². The molecule has 0 radical (unpaired) electrons. The van der Waals surface area contributed by atoms with Crippen LogP contribution in [0.15, 0.2) is 66.5 Å². The lowest BCUT2D eigenvalue weighted by atomic mass is 10.1. The maximum absolute atomic E-state index is 13.5. The summed E-state index contributed by atoms with van der Waals surface area (Å²) in [6.07, 6.45) is 8.22. The van der Waals surface area contributed by atoms with Gasteiger partial charge in [0.1, 0.15) is 6.67 Å². The Hall–Kier alpha value is -3.57. The molecule has 3 aromatic rings. The number of aromatic nitrogens is 3. The number of amides is 2. The second-order valence-corrected chi connectivity index (χ2v) is 10.9. The molecule has 1 N–H and O–H groups in total. The molecule has 1 aromatic carbocycles. The zero-order chi connectivity index (χ0) is 25.3. The van der Waals surface area contributed by atoms with Crippen molar-refractivity contribution in [2.45, 2.75) is 42.8 Å². The normalized spacial score (nSPS) is 16.6. The van der Waals surface area contributed by atoms with Gasteiger partial charge in [-0.3, -0.25) is 9.88 Å². The summed E-state index contributed by atoms with van der Waals surface area (Å²) in [5.41, 5.74) is 2.02. The Morgan fingerprint density at radius 2 is 2.06 bits per heavy atom. The third-order valence-corrected chi connectivity index (χ3v) is 8.08. The van der Waals surface area contributed by atoms with Gasteiger partial charge in [-0.1, -0.05) is 12.6 Å². The topological polar surface area (TPSA) is 100 Å². The highest BCUT2D eigenvalue weighted by atomic mass is 32.2. The van der Waals surface area contributed by atoms with Crippen molar-refractivity contribution in [3.8, 4) is 0 Å². The molecule has 1 fully saturated rings. The van der Waals surface area contributed by atoms with Crippen molar-refractivity contribution in [2.75, 3.05) is 18.1 Å². The number of pyridine rings is 1. The van der Waals surface area contributed by atoms with E-state index in [1.807, 2.05) is 18.2 Å². The minimum atomic E-state index is -3.91. The van der Waals surface area contributed by atoms with Crippen molar-refractivity contribution in [1.29, 1.82) is 0 Å². The van der Waals surface area contributed by atoms with Crippen LogP contribution in [0.4, 0.5) is 14.9 Å². The van der Waals surface area contributed by atoms with Gasteiger partial charge in [-0.2, -0.15) is 5.10 Å². The summed E-state index contributed by atoms with van der Waals surface area (Å²) in [5, 5.41) is 4.18. The van der Waals surface area contributed by atoms with Crippen LogP contribution in [0.2, 0.25) is 0 Å². The van der Waals surface area contributed by atoms with Crippen LogP contribution in [0, 0.1) is 0 Å². The van der Waals surface area contributed by atoms with E-state index in [1.54, 1.807) is 51.4 Å². The second-order valence-electron chi connectivity index (χ2n) is 9.18. The molecule has 36 heavy (non-hydrogen) atoms. The first-order valence-electron chi connectivity index (χ1n) is 11.7. The molecule has 0 bridgehead atoms. The molecule has 2 aromatic heterocycles. The van der Waals surface area contributed by atoms with Gasteiger partial charge in [0.05, 0.1) is 28.9 Å². The molecule has 5 rings (SSSR count). The van der Waals surface area contributed by atoms with E-state index in [1.165, 1.54) is 6.07 Å². The van der Waals surface area contributed by atoms with E-state index in [9.17, 15) is 17.6 Å². The number of nitrogens with one attached hydrogen (secondary N) is 1. The summed E-state index contributed by atoms with van der Waals surface area (Å²) in [6, 6.07) is 10.1. The number of carbonyl (C=O) groups excluding carboxylic acids is 1. The largest absolute Gasteiger partial charge is 0.325 e. The van der Waals surface area contributed by atoms with Crippen LogP contribution in [-0.2, 0) is 29.5 Å². The Morgan fingerprint density at radius 1 is 1.22 bits per heavy atom. The van der Waals surface area contributed by atoms with E-state index < -0.39 is 22.2 Å². The number of sulfonamides is 1. The number of urea groups is 1. The smallest absolute Gasteiger partial charge is 0.316 e. The zero-order valence-electron chi connectivity index (χ0n) is 19.7.